The summed E-state index contributed by atoms with van der Waals surface area (Å²) in [6.07, 6.45) is 0. The lowest BCUT2D eigenvalue weighted by Crippen LogP contribution is -2.49. The molecule has 0 spiro atoms. The van der Waals surface area contributed by atoms with E-state index in [4.69, 9.17) is 11.6 Å². The number of hydrogen-bond donors (Lipinski definition) is 0. The van der Waals surface area contributed by atoms with Gasteiger partial charge in [-0.2, -0.15) is 5.26 Å². The number of carbonyl (C=O) groups is 1. The van der Waals surface area contributed by atoms with Crippen molar-refractivity contribution in [2.75, 3.05) is 26.2 Å². The maximum absolute atomic E-state index is 12.7. The van der Waals surface area contributed by atoms with Crippen LogP contribution in [-0.4, -0.2) is 41.9 Å². The van der Waals surface area contributed by atoms with E-state index in [1.165, 1.54) is 0 Å². The first-order chi connectivity index (χ1) is 12.1. The van der Waals surface area contributed by atoms with Crippen molar-refractivity contribution >= 4 is 17.5 Å². The Kier molecular flexibility index (Phi) is 5.37. The molecule has 0 N–H and O–H groups in total. The summed E-state index contributed by atoms with van der Waals surface area (Å²) in [5.41, 5.74) is 2.56. The van der Waals surface area contributed by atoms with Gasteiger partial charge >= 0.3 is 0 Å². The fourth-order valence-electron chi connectivity index (χ4n) is 3.21. The summed E-state index contributed by atoms with van der Waals surface area (Å²) in [7, 11) is 0. The molecule has 1 amide bonds. The maximum Gasteiger partial charge on any atom is 0.254 e. The predicted molar refractivity (Wildman–Crippen MR) is 98.5 cm³/mol. The number of piperazine rings is 1. The highest BCUT2D eigenvalue weighted by molar-refractivity contribution is 6.31. The number of amides is 1. The molecule has 2 aromatic rings. The second-order valence-corrected chi connectivity index (χ2v) is 6.60. The van der Waals surface area contributed by atoms with E-state index >= 15 is 0 Å². The molecule has 2 aromatic carbocycles. The normalized spacial score (nSPS) is 16.3. The predicted octanol–water partition coefficient (Wildman–Crippen LogP) is 3.67. The Balaban J connectivity index is 1.69. The Bertz CT molecular complexity index is 807. The SMILES string of the molecule is Cc1ccccc1C(=O)N1CCN(C(C#N)c2ccccc2Cl)CC1. The molecule has 0 bridgehead atoms. The average Bonchev–Trinajstić information content (AvgIpc) is 2.64. The fraction of sp³-hybridized carbons (Fsp3) is 0.300. The van der Waals surface area contributed by atoms with Gasteiger partial charge in [-0.3, -0.25) is 9.69 Å². The first-order valence-electron chi connectivity index (χ1n) is 8.35. The molecular weight excluding hydrogens is 334 g/mol. The van der Waals surface area contributed by atoms with Crippen LogP contribution in [0.25, 0.3) is 0 Å². The summed E-state index contributed by atoms with van der Waals surface area (Å²) in [5, 5.41) is 10.2. The first kappa shape index (κ1) is 17.5. The minimum absolute atomic E-state index is 0.0593. The van der Waals surface area contributed by atoms with Crippen molar-refractivity contribution in [3.05, 3.63) is 70.2 Å². The zero-order valence-electron chi connectivity index (χ0n) is 14.2. The molecule has 0 aliphatic carbocycles. The van der Waals surface area contributed by atoms with Crippen molar-refractivity contribution in [2.24, 2.45) is 0 Å². The van der Waals surface area contributed by atoms with Crippen LogP contribution in [0.5, 0.6) is 0 Å². The van der Waals surface area contributed by atoms with Crippen LogP contribution in [0.15, 0.2) is 48.5 Å². The minimum atomic E-state index is -0.385. The number of hydrogen-bond acceptors (Lipinski definition) is 3. The van der Waals surface area contributed by atoms with Gasteiger partial charge < -0.3 is 4.90 Å². The molecule has 1 unspecified atom stereocenters. The van der Waals surface area contributed by atoms with Gasteiger partial charge in [-0.15, -0.1) is 0 Å². The topological polar surface area (TPSA) is 47.3 Å². The second-order valence-electron chi connectivity index (χ2n) is 6.20. The zero-order chi connectivity index (χ0) is 17.8. The molecule has 0 saturated carbocycles. The van der Waals surface area contributed by atoms with Gasteiger partial charge in [0, 0.05) is 42.3 Å². The Morgan fingerprint density at radius 1 is 1.08 bits per heavy atom. The van der Waals surface area contributed by atoms with Crippen molar-refractivity contribution in [3.8, 4) is 6.07 Å². The lowest BCUT2D eigenvalue weighted by Gasteiger charge is -2.37. The summed E-state index contributed by atoms with van der Waals surface area (Å²) in [5.74, 6) is 0.0593. The molecule has 0 aromatic heterocycles. The van der Waals surface area contributed by atoms with E-state index in [2.05, 4.69) is 11.0 Å². The van der Waals surface area contributed by atoms with E-state index in [0.29, 0.717) is 31.2 Å². The van der Waals surface area contributed by atoms with E-state index in [1.807, 2.05) is 54.3 Å². The zero-order valence-corrected chi connectivity index (χ0v) is 14.9. The van der Waals surface area contributed by atoms with Gasteiger partial charge in [0.25, 0.3) is 5.91 Å². The van der Waals surface area contributed by atoms with Crippen molar-refractivity contribution in [2.45, 2.75) is 13.0 Å². The number of halogens is 1. The summed E-state index contributed by atoms with van der Waals surface area (Å²) in [6, 6.07) is 17.1. The van der Waals surface area contributed by atoms with Gasteiger partial charge in [0.05, 0.1) is 6.07 Å². The molecule has 4 nitrogen and oxygen atoms in total. The lowest BCUT2D eigenvalue weighted by molar-refractivity contribution is 0.0605. The van der Waals surface area contributed by atoms with Gasteiger partial charge in [0.1, 0.15) is 6.04 Å². The van der Waals surface area contributed by atoms with E-state index < -0.39 is 0 Å². The third-order valence-electron chi connectivity index (χ3n) is 4.66. The Morgan fingerprint density at radius 2 is 1.72 bits per heavy atom. The highest BCUT2D eigenvalue weighted by Gasteiger charge is 2.28. The van der Waals surface area contributed by atoms with Crippen LogP contribution in [0, 0.1) is 18.3 Å². The first-order valence-corrected chi connectivity index (χ1v) is 8.72. The van der Waals surface area contributed by atoms with E-state index in [0.717, 1.165) is 16.7 Å². The van der Waals surface area contributed by atoms with Crippen LogP contribution in [-0.2, 0) is 0 Å². The number of aryl methyl sites for hydroxylation is 1. The van der Waals surface area contributed by atoms with Gasteiger partial charge in [-0.1, -0.05) is 48.0 Å². The largest absolute Gasteiger partial charge is 0.336 e. The molecule has 1 atom stereocenters. The summed E-state index contributed by atoms with van der Waals surface area (Å²) in [4.78, 5) is 16.7. The quantitative estimate of drug-likeness (QED) is 0.845. The molecule has 1 aliphatic rings. The van der Waals surface area contributed by atoms with Crippen LogP contribution < -0.4 is 0 Å². The lowest BCUT2D eigenvalue weighted by atomic mass is 10.0. The third-order valence-corrected chi connectivity index (χ3v) is 5.01. The minimum Gasteiger partial charge on any atom is -0.336 e. The van der Waals surface area contributed by atoms with Crippen LogP contribution in [0.4, 0.5) is 0 Å². The van der Waals surface area contributed by atoms with Gasteiger partial charge in [0.2, 0.25) is 0 Å². The summed E-state index contributed by atoms with van der Waals surface area (Å²) < 4.78 is 0. The molecule has 1 fully saturated rings. The molecule has 1 saturated heterocycles. The number of nitrogens with zero attached hydrogens (tertiary/aromatic N) is 3. The molecular formula is C20H20ClN3O. The molecule has 3 rings (SSSR count). The monoisotopic (exact) mass is 353 g/mol. The molecule has 0 radical (unpaired) electrons. The molecule has 128 valence electrons. The Hall–Kier alpha value is -2.35. The second kappa shape index (κ2) is 7.69. The Morgan fingerprint density at radius 3 is 2.36 bits per heavy atom. The number of rotatable bonds is 3. The molecule has 25 heavy (non-hydrogen) atoms. The van der Waals surface area contributed by atoms with Gasteiger partial charge in [-0.25, -0.2) is 0 Å². The number of benzene rings is 2. The van der Waals surface area contributed by atoms with Crippen molar-refractivity contribution in [1.82, 2.24) is 9.80 Å². The van der Waals surface area contributed by atoms with Crippen molar-refractivity contribution < 1.29 is 4.79 Å². The van der Waals surface area contributed by atoms with Crippen LogP contribution >= 0.6 is 11.6 Å². The maximum atomic E-state index is 12.7. The molecule has 5 heteroatoms. The van der Waals surface area contributed by atoms with Crippen LogP contribution in [0.2, 0.25) is 5.02 Å². The van der Waals surface area contributed by atoms with Crippen molar-refractivity contribution in [3.63, 3.8) is 0 Å². The summed E-state index contributed by atoms with van der Waals surface area (Å²) >= 11 is 6.25. The van der Waals surface area contributed by atoms with Gasteiger partial charge in [-0.05, 0) is 24.6 Å². The highest BCUT2D eigenvalue weighted by atomic mass is 35.5. The average molecular weight is 354 g/mol. The van der Waals surface area contributed by atoms with E-state index in [9.17, 15) is 10.1 Å². The number of nitriles is 1. The van der Waals surface area contributed by atoms with Crippen LogP contribution in [0.1, 0.15) is 27.5 Å². The standard InChI is InChI=1S/C20H20ClN3O/c1-15-6-2-3-7-16(15)20(25)24-12-10-23(11-13-24)19(14-22)17-8-4-5-9-18(17)21/h2-9,19H,10-13H2,1H3. The van der Waals surface area contributed by atoms with E-state index in [-0.39, 0.29) is 11.9 Å². The van der Waals surface area contributed by atoms with E-state index in [1.54, 1.807) is 6.07 Å². The van der Waals surface area contributed by atoms with Gasteiger partial charge in [0.15, 0.2) is 0 Å². The molecule has 1 aliphatic heterocycles. The number of carbonyl (C=O) groups excluding carboxylic acids is 1. The fourth-order valence-corrected chi connectivity index (χ4v) is 3.45. The van der Waals surface area contributed by atoms with Crippen molar-refractivity contribution in [1.29, 1.82) is 5.26 Å². The molecule has 1 heterocycles. The summed E-state index contributed by atoms with van der Waals surface area (Å²) in [6.45, 7) is 4.47. The van der Waals surface area contributed by atoms with Crippen LogP contribution in [0.3, 0.4) is 0 Å². The smallest absolute Gasteiger partial charge is 0.254 e. The third kappa shape index (κ3) is 3.68. The Labute approximate surface area is 153 Å². The highest BCUT2D eigenvalue weighted by Crippen LogP contribution is 2.28.